The predicted molar refractivity (Wildman–Crippen MR) is 97.2 cm³/mol. The third-order valence-corrected chi connectivity index (χ3v) is 3.93. The van der Waals surface area contributed by atoms with Gasteiger partial charge in [-0.05, 0) is 47.7 Å². The molecule has 3 nitrogen and oxygen atoms in total. The molecular formula is C19H23ClN2O. The standard InChI is InChI=1S/C19H23ClN2O/c1-14(2)16-5-9-18(10-6-16)22-13-19(23)21-12-11-15-3-7-17(20)8-4-15/h3-10,14,22H,11-13H2,1-2H3,(H,21,23). The Morgan fingerprint density at radius 1 is 1.04 bits per heavy atom. The van der Waals surface area contributed by atoms with Crippen LogP contribution in [-0.4, -0.2) is 19.0 Å². The fourth-order valence-electron chi connectivity index (χ4n) is 2.23. The van der Waals surface area contributed by atoms with Crippen LogP contribution < -0.4 is 10.6 Å². The van der Waals surface area contributed by atoms with Gasteiger partial charge in [-0.3, -0.25) is 4.79 Å². The quantitative estimate of drug-likeness (QED) is 0.797. The molecule has 23 heavy (non-hydrogen) atoms. The van der Waals surface area contributed by atoms with Gasteiger partial charge in [0.15, 0.2) is 0 Å². The molecule has 0 bridgehead atoms. The maximum atomic E-state index is 11.8. The minimum Gasteiger partial charge on any atom is -0.376 e. The normalized spacial score (nSPS) is 10.6. The highest BCUT2D eigenvalue weighted by molar-refractivity contribution is 6.30. The Kier molecular flexibility index (Phi) is 6.48. The van der Waals surface area contributed by atoms with Gasteiger partial charge >= 0.3 is 0 Å². The Hall–Kier alpha value is -2.00. The van der Waals surface area contributed by atoms with Crippen LogP contribution in [0.3, 0.4) is 0 Å². The second-order valence-electron chi connectivity index (χ2n) is 5.86. The molecule has 0 spiro atoms. The molecule has 0 aliphatic carbocycles. The first-order valence-corrected chi connectivity index (χ1v) is 8.27. The number of benzene rings is 2. The van der Waals surface area contributed by atoms with Crippen LogP contribution in [0, 0.1) is 0 Å². The third kappa shape index (κ3) is 5.95. The highest BCUT2D eigenvalue weighted by Crippen LogP contribution is 2.16. The molecule has 1 amide bonds. The van der Waals surface area contributed by atoms with Gasteiger partial charge in [0.1, 0.15) is 0 Å². The molecule has 0 atom stereocenters. The molecular weight excluding hydrogens is 308 g/mol. The summed E-state index contributed by atoms with van der Waals surface area (Å²) in [6, 6.07) is 15.9. The first-order chi connectivity index (χ1) is 11.0. The smallest absolute Gasteiger partial charge is 0.239 e. The number of halogens is 1. The Balaban J connectivity index is 1.69. The number of hydrogen-bond acceptors (Lipinski definition) is 2. The Morgan fingerprint density at radius 3 is 2.30 bits per heavy atom. The van der Waals surface area contributed by atoms with Crippen molar-refractivity contribution in [1.29, 1.82) is 0 Å². The minimum absolute atomic E-state index is 0.00750. The molecule has 2 rings (SSSR count). The zero-order valence-electron chi connectivity index (χ0n) is 13.6. The first-order valence-electron chi connectivity index (χ1n) is 7.89. The van der Waals surface area contributed by atoms with Gasteiger partial charge in [-0.2, -0.15) is 0 Å². The van der Waals surface area contributed by atoms with Crippen molar-refractivity contribution in [1.82, 2.24) is 5.32 Å². The number of amides is 1. The molecule has 0 unspecified atom stereocenters. The molecule has 0 aliphatic heterocycles. The maximum Gasteiger partial charge on any atom is 0.239 e. The van der Waals surface area contributed by atoms with Gasteiger partial charge in [0, 0.05) is 17.3 Å². The van der Waals surface area contributed by atoms with Crippen molar-refractivity contribution < 1.29 is 4.79 Å². The van der Waals surface area contributed by atoms with Gasteiger partial charge in [-0.1, -0.05) is 49.7 Å². The monoisotopic (exact) mass is 330 g/mol. The van der Waals surface area contributed by atoms with E-state index in [-0.39, 0.29) is 12.5 Å². The molecule has 0 saturated carbocycles. The van der Waals surface area contributed by atoms with E-state index in [4.69, 9.17) is 11.6 Å². The fourth-order valence-corrected chi connectivity index (χ4v) is 2.35. The van der Waals surface area contributed by atoms with Crippen LogP contribution in [0.25, 0.3) is 0 Å². The average Bonchev–Trinajstić information content (AvgIpc) is 2.55. The van der Waals surface area contributed by atoms with Gasteiger partial charge in [0.25, 0.3) is 0 Å². The number of carbonyl (C=O) groups is 1. The summed E-state index contributed by atoms with van der Waals surface area (Å²) in [5.74, 6) is 0.507. The molecule has 122 valence electrons. The van der Waals surface area contributed by atoms with Crippen LogP contribution in [0.2, 0.25) is 5.02 Å². The van der Waals surface area contributed by atoms with Crippen molar-refractivity contribution in [2.75, 3.05) is 18.4 Å². The summed E-state index contributed by atoms with van der Waals surface area (Å²) in [4.78, 5) is 11.8. The minimum atomic E-state index is -0.00750. The molecule has 0 saturated heterocycles. The van der Waals surface area contributed by atoms with Gasteiger partial charge in [0.2, 0.25) is 5.91 Å². The van der Waals surface area contributed by atoms with E-state index in [0.29, 0.717) is 12.5 Å². The molecule has 0 fully saturated rings. The Bertz CT molecular complexity index is 621. The van der Waals surface area contributed by atoms with E-state index in [2.05, 4.69) is 36.6 Å². The number of hydrogen-bond donors (Lipinski definition) is 2. The largest absolute Gasteiger partial charge is 0.376 e. The topological polar surface area (TPSA) is 41.1 Å². The highest BCUT2D eigenvalue weighted by atomic mass is 35.5. The van der Waals surface area contributed by atoms with Crippen molar-refractivity contribution in [2.45, 2.75) is 26.2 Å². The highest BCUT2D eigenvalue weighted by Gasteiger charge is 2.02. The molecule has 4 heteroatoms. The van der Waals surface area contributed by atoms with E-state index in [9.17, 15) is 4.79 Å². The molecule has 0 heterocycles. The van der Waals surface area contributed by atoms with Gasteiger partial charge < -0.3 is 10.6 Å². The first kappa shape index (κ1) is 17.4. The molecule has 2 N–H and O–H groups in total. The maximum absolute atomic E-state index is 11.8. The Morgan fingerprint density at radius 2 is 1.70 bits per heavy atom. The predicted octanol–water partition coefficient (Wildman–Crippen LogP) is 4.23. The number of nitrogens with one attached hydrogen (secondary N) is 2. The second-order valence-corrected chi connectivity index (χ2v) is 6.29. The van der Waals surface area contributed by atoms with Crippen molar-refractivity contribution >= 4 is 23.2 Å². The molecule has 0 aromatic heterocycles. The summed E-state index contributed by atoms with van der Waals surface area (Å²) in [6.45, 7) is 5.23. The summed E-state index contributed by atoms with van der Waals surface area (Å²) in [5.41, 5.74) is 3.41. The zero-order valence-corrected chi connectivity index (χ0v) is 14.4. The summed E-state index contributed by atoms with van der Waals surface area (Å²) in [6.07, 6.45) is 0.798. The summed E-state index contributed by atoms with van der Waals surface area (Å²) < 4.78 is 0. The third-order valence-electron chi connectivity index (χ3n) is 3.68. The van der Waals surface area contributed by atoms with E-state index in [1.165, 1.54) is 5.56 Å². The van der Waals surface area contributed by atoms with Crippen LogP contribution in [0.5, 0.6) is 0 Å². The van der Waals surface area contributed by atoms with Crippen LogP contribution in [0.15, 0.2) is 48.5 Å². The molecule has 2 aromatic carbocycles. The average molecular weight is 331 g/mol. The van der Waals surface area contributed by atoms with Crippen LogP contribution in [-0.2, 0) is 11.2 Å². The fraction of sp³-hybridized carbons (Fsp3) is 0.316. The van der Waals surface area contributed by atoms with Crippen molar-refractivity contribution in [3.63, 3.8) is 0 Å². The lowest BCUT2D eigenvalue weighted by Crippen LogP contribution is -2.31. The van der Waals surface area contributed by atoms with Crippen molar-refractivity contribution in [3.8, 4) is 0 Å². The van der Waals surface area contributed by atoms with E-state index >= 15 is 0 Å². The van der Waals surface area contributed by atoms with Crippen LogP contribution in [0.4, 0.5) is 5.69 Å². The van der Waals surface area contributed by atoms with Crippen LogP contribution >= 0.6 is 11.6 Å². The number of rotatable bonds is 7. The summed E-state index contributed by atoms with van der Waals surface area (Å²) in [5, 5.41) is 6.78. The van der Waals surface area contributed by atoms with Crippen molar-refractivity contribution in [3.05, 3.63) is 64.7 Å². The number of carbonyl (C=O) groups excluding carboxylic acids is 1. The lowest BCUT2D eigenvalue weighted by Gasteiger charge is -2.10. The van der Waals surface area contributed by atoms with Gasteiger partial charge in [-0.25, -0.2) is 0 Å². The SMILES string of the molecule is CC(C)c1ccc(NCC(=O)NCCc2ccc(Cl)cc2)cc1. The molecule has 2 aromatic rings. The Labute approximate surface area is 143 Å². The summed E-state index contributed by atoms with van der Waals surface area (Å²) in [7, 11) is 0. The van der Waals surface area contributed by atoms with Crippen molar-refractivity contribution in [2.24, 2.45) is 0 Å². The zero-order chi connectivity index (χ0) is 16.7. The van der Waals surface area contributed by atoms with Crippen LogP contribution in [0.1, 0.15) is 30.9 Å². The van der Waals surface area contributed by atoms with Gasteiger partial charge in [0.05, 0.1) is 6.54 Å². The summed E-state index contributed by atoms with van der Waals surface area (Å²) >= 11 is 5.84. The van der Waals surface area contributed by atoms with E-state index < -0.39 is 0 Å². The second kappa shape index (κ2) is 8.59. The van der Waals surface area contributed by atoms with E-state index in [1.54, 1.807) is 0 Å². The molecule has 0 radical (unpaired) electrons. The van der Waals surface area contributed by atoms with Gasteiger partial charge in [-0.15, -0.1) is 0 Å². The number of anilines is 1. The lowest BCUT2D eigenvalue weighted by molar-refractivity contribution is -0.119. The lowest BCUT2D eigenvalue weighted by atomic mass is 10.0. The van der Waals surface area contributed by atoms with E-state index in [0.717, 1.165) is 22.7 Å². The van der Waals surface area contributed by atoms with E-state index in [1.807, 2.05) is 36.4 Å². The molecule has 0 aliphatic rings.